The molecule has 0 N–H and O–H groups in total. The summed E-state index contributed by atoms with van der Waals surface area (Å²) in [6, 6.07) is 7.16. The number of hydrogen-bond acceptors (Lipinski definition) is 3. The highest BCUT2D eigenvalue weighted by molar-refractivity contribution is 5.82. The van der Waals surface area contributed by atoms with E-state index in [-0.39, 0.29) is 31.0 Å². The molecule has 0 bridgehead atoms. The summed E-state index contributed by atoms with van der Waals surface area (Å²) in [6.45, 7) is 0.354. The number of benzene rings is 1. The minimum atomic E-state index is -4.81. The Bertz CT molecular complexity index is 585. The van der Waals surface area contributed by atoms with Gasteiger partial charge >= 0.3 is 12.1 Å². The van der Waals surface area contributed by atoms with Crippen molar-refractivity contribution < 1.29 is 18.0 Å². The highest BCUT2D eigenvalue weighted by Crippen LogP contribution is 2.59. The van der Waals surface area contributed by atoms with Gasteiger partial charge in [0.15, 0.2) is 0 Å². The number of halogens is 3. The van der Waals surface area contributed by atoms with E-state index < -0.39 is 12.1 Å². The summed E-state index contributed by atoms with van der Waals surface area (Å²) < 4.78 is 37.4. The van der Waals surface area contributed by atoms with E-state index in [0.29, 0.717) is 0 Å². The Morgan fingerprint density at radius 2 is 2.00 bits per heavy atom. The van der Waals surface area contributed by atoms with Crippen LogP contribution >= 0.6 is 0 Å². The van der Waals surface area contributed by atoms with Crippen LogP contribution < -0.4 is 0 Å². The SMILES string of the molecule is O=NCc1ccc([C@@]23C[C@@H]2CN(C(=O)C(F)(F)F)C3)cc1. The first kappa shape index (κ1) is 14.0. The number of likely N-dealkylation sites (tertiary alicyclic amines) is 1. The topological polar surface area (TPSA) is 49.7 Å². The average Bonchev–Trinajstić information content (AvgIpc) is 3.00. The minimum absolute atomic E-state index is 0.0788. The van der Waals surface area contributed by atoms with E-state index in [1.807, 2.05) is 12.1 Å². The number of rotatable bonds is 3. The number of nitroso groups, excluding NO2 is 1. The summed E-state index contributed by atoms with van der Waals surface area (Å²) >= 11 is 0. The van der Waals surface area contributed by atoms with Gasteiger partial charge < -0.3 is 4.90 Å². The average molecular weight is 298 g/mol. The second kappa shape index (κ2) is 4.54. The normalized spacial score (nSPS) is 27.4. The zero-order chi connectivity index (χ0) is 15.3. The molecule has 1 heterocycles. The number of fused-ring (bicyclic) bond motifs is 1. The predicted octanol–water partition coefficient (Wildman–Crippen LogP) is 2.62. The summed E-state index contributed by atoms with van der Waals surface area (Å²) in [6.07, 6.45) is -4.00. The van der Waals surface area contributed by atoms with Gasteiger partial charge in [-0.3, -0.25) is 4.79 Å². The van der Waals surface area contributed by atoms with Crippen molar-refractivity contribution in [1.29, 1.82) is 0 Å². The van der Waals surface area contributed by atoms with Crippen molar-refractivity contribution in [3.63, 3.8) is 0 Å². The fraction of sp³-hybridized carbons (Fsp3) is 0.500. The van der Waals surface area contributed by atoms with Gasteiger partial charge in [0.1, 0.15) is 6.54 Å². The third-order valence-corrected chi connectivity index (χ3v) is 4.45. The Morgan fingerprint density at radius 1 is 1.33 bits per heavy atom. The van der Waals surface area contributed by atoms with Gasteiger partial charge in [-0.1, -0.05) is 29.4 Å². The van der Waals surface area contributed by atoms with E-state index >= 15 is 0 Å². The second-order valence-electron chi connectivity index (χ2n) is 5.72. The van der Waals surface area contributed by atoms with Crippen molar-refractivity contribution in [2.75, 3.05) is 13.1 Å². The summed E-state index contributed by atoms with van der Waals surface area (Å²) in [5, 5.41) is 2.80. The van der Waals surface area contributed by atoms with Crippen molar-refractivity contribution in [2.24, 2.45) is 11.1 Å². The molecule has 1 aromatic carbocycles. The van der Waals surface area contributed by atoms with Gasteiger partial charge in [0.05, 0.1) is 0 Å². The van der Waals surface area contributed by atoms with Crippen molar-refractivity contribution >= 4 is 5.91 Å². The van der Waals surface area contributed by atoms with Crippen LogP contribution in [-0.4, -0.2) is 30.1 Å². The second-order valence-corrected chi connectivity index (χ2v) is 5.72. The van der Waals surface area contributed by atoms with E-state index in [9.17, 15) is 22.9 Å². The molecule has 1 saturated carbocycles. The first-order chi connectivity index (χ1) is 9.87. The molecule has 2 fully saturated rings. The first-order valence-corrected chi connectivity index (χ1v) is 6.61. The molecule has 7 heteroatoms. The number of carbonyl (C=O) groups excluding carboxylic acids is 1. The molecule has 2 atom stereocenters. The maximum Gasteiger partial charge on any atom is 0.471 e. The van der Waals surface area contributed by atoms with Gasteiger partial charge in [0, 0.05) is 18.5 Å². The number of piperidine rings is 1. The lowest BCUT2D eigenvalue weighted by atomic mass is 9.94. The van der Waals surface area contributed by atoms with Gasteiger partial charge in [-0.25, -0.2) is 0 Å². The first-order valence-electron chi connectivity index (χ1n) is 6.61. The molecular weight excluding hydrogens is 285 g/mol. The van der Waals surface area contributed by atoms with Crippen LogP contribution in [0.15, 0.2) is 29.4 Å². The Balaban J connectivity index is 1.76. The van der Waals surface area contributed by atoms with Gasteiger partial charge in [0.2, 0.25) is 0 Å². The maximum atomic E-state index is 12.5. The molecule has 112 valence electrons. The summed E-state index contributed by atoms with van der Waals surface area (Å²) in [4.78, 5) is 22.4. The van der Waals surface area contributed by atoms with Crippen LogP contribution in [0.4, 0.5) is 13.2 Å². The van der Waals surface area contributed by atoms with Gasteiger partial charge in [-0.05, 0) is 23.5 Å². The molecule has 0 aromatic heterocycles. The van der Waals surface area contributed by atoms with E-state index in [2.05, 4.69) is 5.18 Å². The molecule has 0 unspecified atom stereocenters. The molecule has 1 aliphatic heterocycles. The Morgan fingerprint density at radius 3 is 2.57 bits per heavy atom. The molecule has 0 spiro atoms. The maximum absolute atomic E-state index is 12.5. The van der Waals surface area contributed by atoms with E-state index in [1.54, 1.807) is 12.1 Å². The standard InChI is InChI=1S/C14H13F3N2O2/c15-14(16,17)12(20)19-7-11-5-13(11,8-19)10-3-1-9(2-4-10)6-18-21/h1-4,11H,5-8H2/t11-,13+/m1/s1. The molecule has 2 aliphatic rings. The van der Waals surface area contributed by atoms with Crippen molar-refractivity contribution in [2.45, 2.75) is 24.6 Å². The molecule has 1 aliphatic carbocycles. The fourth-order valence-electron chi connectivity index (χ4n) is 3.28. The van der Waals surface area contributed by atoms with Gasteiger partial charge in [-0.2, -0.15) is 18.1 Å². The molecular formula is C14H13F3N2O2. The molecule has 1 saturated heterocycles. The van der Waals surface area contributed by atoms with Crippen LogP contribution in [0, 0.1) is 10.8 Å². The molecule has 3 rings (SSSR count). The lowest BCUT2D eigenvalue weighted by Crippen LogP contribution is -2.41. The van der Waals surface area contributed by atoms with Crippen LogP contribution in [0.1, 0.15) is 17.5 Å². The van der Waals surface area contributed by atoms with Crippen molar-refractivity contribution in [3.05, 3.63) is 40.3 Å². The molecule has 0 radical (unpaired) electrons. The van der Waals surface area contributed by atoms with Crippen LogP contribution in [0.2, 0.25) is 0 Å². The Kier molecular flexibility index (Phi) is 3.04. The van der Waals surface area contributed by atoms with E-state index in [0.717, 1.165) is 22.4 Å². The summed E-state index contributed by atoms with van der Waals surface area (Å²) in [5.74, 6) is -1.66. The monoisotopic (exact) mass is 298 g/mol. The summed E-state index contributed by atoms with van der Waals surface area (Å²) in [5.41, 5.74) is 1.36. The van der Waals surface area contributed by atoms with Crippen LogP contribution in [0.5, 0.6) is 0 Å². The highest BCUT2D eigenvalue weighted by atomic mass is 19.4. The quantitative estimate of drug-likeness (QED) is 0.805. The number of amides is 1. The number of nitrogens with zero attached hydrogens (tertiary/aromatic N) is 2. The Labute approximate surface area is 118 Å². The zero-order valence-corrected chi connectivity index (χ0v) is 11.1. The van der Waals surface area contributed by atoms with Crippen molar-refractivity contribution in [3.8, 4) is 0 Å². The van der Waals surface area contributed by atoms with Crippen LogP contribution in [0.3, 0.4) is 0 Å². The minimum Gasteiger partial charge on any atom is -0.334 e. The van der Waals surface area contributed by atoms with Crippen LogP contribution in [0.25, 0.3) is 0 Å². The molecule has 21 heavy (non-hydrogen) atoms. The summed E-state index contributed by atoms with van der Waals surface area (Å²) in [7, 11) is 0. The molecule has 1 amide bonds. The lowest BCUT2D eigenvalue weighted by Gasteiger charge is -2.22. The van der Waals surface area contributed by atoms with E-state index in [1.165, 1.54) is 0 Å². The fourth-order valence-corrected chi connectivity index (χ4v) is 3.28. The lowest BCUT2D eigenvalue weighted by molar-refractivity contribution is -0.184. The van der Waals surface area contributed by atoms with E-state index in [4.69, 9.17) is 0 Å². The molecule has 4 nitrogen and oxygen atoms in total. The zero-order valence-electron chi connectivity index (χ0n) is 11.1. The smallest absolute Gasteiger partial charge is 0.334 e. The van der Waals surface area contributed by atoms with Gasteiger partial charge in [-0.15, -0.1) is 0 Å². The predicted molar refractivity (Wildman–Crippen MR) is 68.4 cm³/mol. The number of hydrogen-bond donors (Lipinski definition) is 0. The molecule has 1 aromatic rings. The van der Waals surface area contributed by atoms with Crippen molar-refractivity contribution in [1.82, 2.24) is 4.90 Å². The number of alkyl halides is 3. The van der Waals surface area contributed by atoms with Crippen LogP contribution in [-0.2, 0) is 16.8 Å². The Hall–Kier alpha value is -1.92. The third kappa shape index (κ3) is 2.30. The van der Waals surface area contributed by atoms with Gasteiger partial charge in [0.25, 0.3) is 0 Å². The highest BCUT2D eigenvalue weighted by Gasteiger charge is 2.63. The third-order valence-electron chi connectivity index (χ3n) is 4.45. The largest absolute Gasteiger partial charge is 0.471 e. The number of carbonyl (C=O) groups is 1.